The van der Waals surface area contributed by atoms with Crippen LogP contribution in [0, 0.1) is 0 Å². The highest BCUT2D eigenvalue weighted by Gasteiger charge is 2.15. The van der Waals surface area contributed by atoms with Gasteiger partial charge in [0.15, 0.2) is 0 Å². The van der Waals surface area contributed by atoms with E-state index in [2.05, 4.69) is 5.32 Å². The van der Waals surface area contributed by atoms with Crippen LogP contribution in [0.1, 0.15) is 26.3 Å². The Bertz CT molecular complexity index is 413. The van der Waals surface area contributed by atoms with Crippen molar-refractivity contribution in [2.75, 3.05) is 0 Å². The van der Waals surface area contributed by atoms with Gasteiger partial charge in [-0.1, -0.05) is 17.7 Å². The van der Waals surface area contributed by atoms with Gasteiger partial charge >= 0.3 is 6.09 Å². The molecule has 0 saturated carbocycles. The second kappa shape index (κ2) is 5.27. The molecule has 0 unspecified atom stereocenters. The molecule has 0 bridgehead atoms. The molecular weight excluding hydrogens is 242 g/mol. The number of carbonyl (C=O) groups excluding carboxylic acids is 1. The number of carbonyl (C=O) groups is 1. The molecule has 1 aromatic rings. The first-order chi connectivity index (χ1) is 7.78. The lowest BCUT2D eigenvalue weighted by Gasteiger charge is -2.19. The Hall–Kier alpha value is -1.42. The van der Waals surface area contributed by atoms with E-state index in [0.29, 0.717) is 6.54 Å². The average Bonchev–Trinajstić information content (AvgIpc) is 2.17. The SMILES string of the molecule is CC(C)(C)OC(=O)NCc1ccc(O)c(Cl)c1. The summed E-state index contributed by atoms with van der Waals surface area (Å²) in [5, 5.41) is 12.1. The summed E-state index contributed by atoms with van der Waals surface area (Å²) in [4.78, 5) is 11.4. The second-order valence-corrected chi connectivity index (χ2v) is 5.05. The average molecular weight is 258 g/mol. The topological polar surface area (TPSA) is 58.6 Å². The van der Waals surface area contributed by atoms with Crippen LogP contribution >= 0.6 is 11.6 Å². The van der Waals surface area contributed by atoms with Crippen LogP contribution in [0.5, 0.6) is 5.75 Å². The van der Waals surface area contributed by atoms with Crippen molar-refractivity contribution >= 4 is 17.7 Å². The third-order valence-corrected chi connectivity index (χ3v) is 2.15. The molecule has 1 aromatic carbocycles. The predicted molar refractivity (Wildman–Crippen MR) is 66.2 cm³/mol. The minimum Gasteiger partial charge on any atom is -0.506 e. The first-order valence-corrected chi connectivity index (χ1v) is 5.60. The van der Waals surface area contributed by atoms with E-state index in [9.17, 15) is 9.90 Å². The number of alkyl carbamates (subject to hydrolysis) is 1. The summed E-state index contributed by atoms with van der Waals surface area (Å²) in [6, 6.07) is 4.75. The monoisotopic (exact) mass is 257 g/mol. The highest BCUT2D eigenvalue weighted by molar-refractivity contribution is 6.32. The number of ether oxygens (including phenoxy) is 1. The van der Waals surface area contributed by atoms with Crippen LogP contribution in [-0.4, -0.2) is 16.8 Å². The van der Waals surface area contributed by atoms with Crippen molar-refractivity contribution in [1.82, 2.24) is 5.32 Å². The number of benzene rings is 1. The van der Waals surface area contributed by atoms with Gasteiger partial charge in [-0.2, -0.15) is 0 Å². The molecule has 0 radical (unpaired) electrons. The Morgan fingerprint density at radius 1 is 1.47 bits per heavy atom. The Morgan fingerprint density at radius 3 is 2.65 bits per heavy atom. The lowest BCUT2D eigenvalue weighted by atomic mass is 10.2. The summed E-state index contributed by atoms with van der Waals surface area (Å²) in [6.07, 6.45) is -0.485. The maximum absolute atomic E-state index is 11.4. The highest BCUT2D eigenvalue weighted by Crippen LogP contribution is 2.23. The maximum Gasteiger partial charge on any atom is 0.407 e. The third kappa shape index (κ3) is 4.95. The van der Waals surface area contributed by atoms with E-state index in [1.165, 1.54) is 6.07 Å². The van der Waals surface area contributed by atoms with Gasteiger partial charge in [0.05, 0.1) is 5.02 Å². The van der Waals surface area contributed by atoms with Crippen molar-refractivity contribution in [3.8, 4) is 5.75 Å². The summed E-state index contributed by atoms with van der Waals surface area (Å²) in [7, 11) is 0. The fourth-order valence-corrected chi connectivity index (χ4v) is 1.35. The lowest BCUT2D eigenvalue weighted by Crippen LogP contribution is -2.32. The van der Waals surface area contributed by atoms with E-state index in [0.717, 1.165) is 5.56 Å². The number of phenols is 1. The van der Waals surface area contributed by atoms with Gasteiger partial charge in [0.2, 0.25) is 0 Å². The number of hydrogen-bond donors (Lipinski definition) is 2. The molecule has 94 valence electrons. The van der Waals surface area contributed by atoms with Crippen molar-refractivity contribution in [2.24, 2.45) is 0 Å². The van der Waals surface area contributed by atoms with Crippen LogP contribution in [0.15, 0.2) is 18.2 Å². The van der Waals surface area contributed by atoms with Gasteiger partial charge in [-0.05, 0) is 38.5 Å². The van der Waals surface area contributed by atoms with Crippen molar-refractivity contribution in [1.29, 1.82) is 0 Å². The van der Waals surface area contributed by atoms with Crippen LogP contribution in [0.3, 0.4) is 0 Å². The minimum atomic E-state index is -0.517. The minimum absolute atomic E-state index is 0.0210. The van der Waals surface area contributed by atoms with E-state index in [1.54, 1.807) is 32.9 Å². The van der Waals surface area contributed by atoms with Gasteiger partial charge in [-0.25, -0.2) is 4.79 Å². The third-order valence-electron chi connectivity index (χ3n) is 1.85. The van der Waals surface area contributed by atoms with Gasteiger partial charge in [-0.3, -0.25) is 0 Å². The number of hydrogen-bond acceptors (Lipinski definition) is 3. The molecule has 2 N–H and O–H groups in total. The number of rotatable bonds is 2. The molecule has 5 heteroatoms. The Labute approximate surface area is 106 Å². The summed E-state index contributed by atoms with van der Waals surface area (Å²) in [5.41, 5.74) is 0.273. The summed E-state index contributed by atoms with van der Waals surface area (Å²) < 4.78 is 5.08. The molecule has 0 aliphatic rings. The van der Waals surface area contributed by atoms with Gasteiger partial charge in [0, 0.05) is 6.54 Å². The van der Waals surface area contributed by atoms with Crippen molar-refractivity contribution in [3.05, 3.63) is 28.8 Å². The largest absolute Gasteiger partial charge is 0.506 e. The van der Waals surface area contributed by atoms with Crippen molar-refractivity contribution < 1.29 is 14.6 Å². The zero-order valence-corrected chi connectivity index (χ0v) is 10.8. The predicted octanol–water partition coefficient (Wildman–Crippen LogP) is 3.07. The maximum atomic E-state index is 11.4. The van der Waals surface area contributed by atoms with Gasteiger partial charge in [-0.15, -0.1) is 0 Å². The smallest absolute Gasteiger partial charge is 0.407 e. The molecule has 1 rings (SSSR count). The molecule has 0 atom stereocenters. The fourth-order valence-electron chi connectivity index (χ4n) is 1.15. The highest BCUT2D eigenvalue weighted by atomic mass is 35.5. The molecular formula is C12H16ClNO3. The molecule has 0 fully saturated rings. The molecule has 1 amide bonds. The first-order valence-electron chi connectivity index (χ1n) is 5.22. The molecule has 17 heavy (non-hydrogen) atoms. The number of phenolic OH excluding ortho intramolecular Hbond substituents is 1. The summed E-state index contributed by atoms with van der Waals surface area (Å²) in [5.74, 6) is 0.0210. The van der Waals surface area contributed by atoms with Gasteiger partial charge in [0.25, 0.3) is 0 Å². The Morgan fingerprint density at radius 2 is 2.12 bits per heavy atom. The first kappa shape index (κ1) is 13.6. The second-order valence-electron chi connectivity index (χ2n) is 4.64. The fraction of sp³-hybridized carbons (Fsp3) is 0.417. The molecule has 0 spiro atoms. The molecule has 0 aromatic heterocycles. The Balaban J connectivity index is 2.50. The number of aromatic hydroxyl groups is 1. The number of amides is 1. The van der Waals surface area contributed by atoms with Crippen LogP contribution in [0.25, 0.3) is 0 Å². The number of halogens is 1. The molecule has 0 saturated heterocycles. The van der Waals surface area contributed by atoms with Crippen LogP contribution < -0.4 is 5.32 Å². The summed E-state index contributed by atoms with van der Waals surface area (Å²) >= 11 is 5.74. The Kier molecular flexibility index (Phi) is 4.23. The van der Waals surface area contributed by atoms with Gasteiger partial charge in [0.1, 0.15) is 11.4 Å². The van der Waals surface area contributed by atoms with E-state index in [4.69, 9.17) is 16.3 Å². The van der Waals surface area contributed by atoms with Crippen LogP contribution in [0.2, 0.25) is 5.02 Å². The molecule has 0 heterocycles. The molecule has 0 aliphatic carbocycles. The van der Waals surface area contributed by atoms with E-state index >= 15 is 0 Å². The standard InChI is InChI=1S/C12H16ClNO3/c1-12(2,3)17-11(16)14-7-8-4-5-10(15)9(13)6-8/h4-6,15H,7H2,1-3H3,(H,14,16). The molecule has 0 aliphatic heterocycles. The van der Waals surface area contributed by atoms with Gasteiger partial charge < -0.3 is 15.2 Å². The zero-order valence-electron chi connectivity index (χ0n) is 10.1. The normalized spacial score (nSPS) is 11.1. The van der Waals surface area contributed by atoms with E-state index < -0.39 is 11.7 Å². The van der Waals surface area contributed by atoms with E-state index in [1.807, 2.05) is 0 Å². The number of nitrogens with one attached hydrogen (secondary N) is 1. The molecule has 4 nitrogen and oxygen atoms in total. The quantitative estimate of drug-likeness (QED) is 0.856. The van der Waals surface area contributed by atoms with E-state index in [-0.39, 0.29) is 10.8 Å². The van der Waals surface area contributed by atoms with Crippen LogP contribution in [0.4, 0.5) is 4.79 Å². The van der Waals surface area contributed by atoms with Crippen LogP contribution in [-0.2, 0) is 11.3 Å². The van der Waals surface area contributed by atoms with Crippen molar-refractivity contribution in [2.45, 2.75) is 32.9 Å². The van der Waals surface area contributed by atoms with Crippen molar-refractivity contribution in [3.63, 3.8) is 0 Å². The summed E-state index contributed by atoms with van der Waals surface area (Å²) in [6.45, 7) is 5.69. The zero-order chi connectivity index (χ0) is 13.1. The lowest BCUT2D eigenvalue weighted by molar-refractivity contribution is 0.0523.